The van der Waals surface area contributed by atoms with Gasteiger partial charge < -0.3 is 5.73 Å². The van der Waals surface area contributed by atoms with Crippen LogP contribution in [0, 0.1) is 0 Å². The Morgan fingerprint density at radius 3 is 2.32 bits per heavy atom. The van der Waals surface area contributed by atoms with Gasteiger partial charge in [0, 0.05) is 5.30 Å². The molecule has 0 aliphatic carbocycles. The zero-order chi connectivity index (χ0) is 13.9. The molecule has 1 heterocycles. The first kappa shape index (κ1) is 13.5. The fraction of sp³-hybridized carbons (Fsp3) is 0. The quantitative estimate of drug-likeness (QED) is 0.618. The van der Waals surface area contributed by atoms with E-state index in [1.165, 1.54) is 12.7 Å². The number of thiocarbonyl (C=S) groups is 1. The van der Waals surface area contributed by atoms with Crippen molar-refractivity contribution < 1.29 is 4.57 Å². The minimum absolute atomic E-state index is 0.0530. The molecule has 0 aliphatic rings. The van der Waals surface area contributed by atoms with Crippen molar-refractivity contribution in [2.24, 2.45) is 11.2 Å². The number of nitrogens with zero attached hydrogens (tertiary/aromatic N) is 4. The van der Waals surface area contributed by atoms with Crippen LogP contribution < -0.4 is 21.2 Å². The van der Waals surface area contributed by atoms with Crippen molar-refractivity contribution >= 4 is 36.0 Å². The highest BCUT2D eigenvalue weighted by atomic mass is 32.1. The topological polar surface area (TPSA) is 111 Å². The SMILES string of the molecule is NC(=S)N(c1ncncn1)P(N)(=O)c1ccccc1. The van der Waals surface area contributed by atoms with Crippen LogP contribution in [0.3, 0.4) is 0 Å². The standard InChI is InChI=1S/C10H11N6OPS/c11-9(19)16(10-14-6-13-7-15-10)18(12,17)8-4-2-1-3-5-8/h1-7H,(H2,11,19)(H2,12,17). The Morgan fingerprint density at radius 1 is 1.21 bits per heavy atom. The minimum Gasteiger partial charge on any atom is -0.375 e. The molecule has 0 amide bonds. The zero-order valence-electron chi connectivity index (χ0n) is 9.75. The molecule has 98 valence electrons. The molecule has 0 aliphatic heterocycles. The number of hydrogen-bond donors (Lipinski definition) is 2. The Balaban J connectivity index is 2.52. The van der Waals surface area contributed by atoms with Crippen LogP contribution in [-0.2, 0) is 4.57 Å². The van der Waals surface area contributed by atoms with Crippen molar-refractivity contribution in [3.05, 3.63) is 43.0 Å². The van der Waals surface area contributed by atoms with Gasteiger partial charge in [0.2, 0.25) is 5.95 Å². The molecule has 0 spiro atoms. The summed E-state index contributed by atoms with van der Waals surface area (Å²) in [5, 5.41) is 0.240. The Hall–Kier alpha value is -1.89. The average molecular weight is 294 g/mol. The Morgan fingerprint density at radius 2 is 1.79 bits per heavy atom. The van der Waals surface area contributed by atoms with Crippen LogP contribution in [0.15, 0.2) is 43.0 Å². The molecule has 1 aromatic heterocycles. The van der Waals surface area contributed by atoms with Gasteiger partial charge in [-0.15, -0.1) is 0 Å². The fourth-order valence-electron chi connectivity index (χ4n) is 1.48. The van der Waals surface area contributed by atoms with Gasteiger partial charge in [-0.1, -0.05) is 18.2 Å². The predicted molar refractivity (Wildman–Crippen MR) is 77.0 cm³/mol. The number of rotatable bonds is 3. The maximum Gasteiger partial charge on any atom is 0.272 e. The Bertz CT molecular complexity index is 622. The molecule has 9 heteroatoms. The van der Waals surface area contributed by atoms with Gasteiger partial charge in [0.05, 0.1) is 0 Å². The van der Waals surface area contributed by atoms with Gasteiger partial charge in [-0.2, -0.15) is 0 Å². The van der Waals surface area contributed by atoms with Crippen LogP contribution in [-0.4, -0.2) is 20.1 Å². The first-order valence-electron chi connectivity index (χ1n) is 5.20. The number of hydrogen-bond acceptors (Lipinski definition) is 5. The van der Waals surface area contributed by atoms with Crippen LogP contribution in [0.5, 0.6) is 0 Å². The van der Waals surface area contributed by atoms with Crippen LogP contribution >= 0.6 is 19.7 Å². The van der Waals surface area contributed by atoms with Crippen molar-refractivity contribution in [1.29, 1.82) is 0 Å². The number of aromatic nitrogens is 3. The molecule has 19 heavy (non-hydrogen) atoms. The van der Waals surface area contributed by atoms with Gasteiger partial charge in [-0.3, -0.25) is 10.1 Å². The van der Waals surface area contributed by atoms with Crippen molar-refractivity contribution in [2.75, 3.05) is 4.67 Å². The van der Waals surface area contributed by atoms with Crippen molar-refractivity contribution in [1.82, 2.24) is 15.0 Å². The molecule has 0 fully saturated rings. The minimum atomic E-state index is -3.52. The summed E-state index contributed by atoms with van der Waals surface area (Å²) in [6.07, 6.45) is 2.50. The van der Waals surface area contributed by atoms with Gasteiger partial charge in [-0.25, -0.2) is 19.6 Å². The van der Waals surface area contributed by atoms with Gasteiger partial charge >= 0.3 is 0 Å². The third kappa shape index (κ3) is 2.76. The second-order valence-electron chi connectivity index (χ2n) is 3.55. The van der Waals surface area contributed by atoms with Gasteiger partial charge in [0.15, 0.2) is 5.11 Å². The molecular formula is C10H11N6OPS. The van der Waals surface area contributed by atoms with Gasteiger partial charge in [0.25, 0.3) is 7.44 Å². The van der Waals surface area contributed by atoms with E-state index in [4.69, 9.17) is 23.5 Å². The van der Waals surface area contributed by atoms with Crippen LogP contribution in [0.25, 0.3) is 0 Å². The monoisotopic (exact) mass is 294 g/mol. The van der Waals surface area contributed by atoms with Crippen molar-refractivity contribution in [3.8, 4) is 0 Å². The zero-order valence-corrected chi connectivity index (χ0v) is 11.5. The maximum absolute atomic E-state index is 12.8. The Kier molecular flexibility index (Phi) is 3.84. The van der Waals surface area contributed by atoms with Crippen LogP contribution in [0.1, 0.15) is 0 Å². The van der Waals surface area contributed by atoms with E-state index in [2.05, 4.69) is 15.0 Å². The second-order valence-corrected chi connectivity index (χ2v) is 6.13. The molecule has 4 N–H and O–H groups in total. The summed E-state index contributed by atoms with van der Waals surface area (Å²) in [6.45, 7) is 0. The molecular weight excluding hydrogens is 283 g/mol. The molecule has 1 aromatic carbocycles. The first-order valence-corrected chi connectivity index (χ1v) is 7.33. The summed E-state index contributed by atoms with van der Waals surface area (Å²) in [5.74, 6) is 0.0530. The molecule has 2 rings (SSSR count). The van der Waals surface area contributed by atoms with E-state index in [1.807, 2.05) is 0 Å². The van der Waals surface area contributed by atoms with Gasteiger partial charge in [0.1, 0.15) is 12.7 Å². The number of nitrogens with two attached hydrogens (primary N) is 2. The summed E-state index contributed by atoms with van der Waals surface area (Å²) in [6, 6.07) is 8.50. The lowest BCUT2D eigenvalue weighted by Gasteiger charge is -2.26. The van der Waals surface area contributed by atoms with E-state index in [9.17, 15) is 4.57 Å². The van der Waals surface area contributed by atoms with Crippen molar-refractivity contribution in [2.45, 2.75) is 0 Å². The lowest BCUT2D eigenvalue weighted by atomic mass is 10.4. The first-order chi connectivity index (χ1) is 9.03. The third-order valence-electron chi connectivity index (χ3n) is 2.30. The Labute approximate surface area is 115 Å². The van der Waals surface area contributed by atoms with E-state index >= 15 is 0 Å². The summed E-state index contributed by atoms with van der Waals surface area (Å²) in [4.78, 5) is 11.4. The smallest absolute Gasteiger partial charge is 0.272 e. The van der Waals surface area contributed by atoms with E-state index in [0.717, 1.165) is 4.67 Å². The average Bonchev–Trinajstić information content (AvgIpc) is 2.40. The molecule has 0 bridgehead atoms. The molecule has 0 saturated carbocycles. The molecule has 2 aromatic rings. The largest absolute Gasteiger partial charge is 0.375 e. The highest BCUT2D eigenvalue weighted by Crippen LogP contribution is 2.41. The van der Waals surface area contributed by atoms with E-state index in [0.29, 0.717) is 5.30 Å². The van der Waals surface area contributed by atoms with Crippen LogP contribution in [0.4, 0.5) is 5.95 Å². The van der Waals surface area contributed by atoms with E-state index < -0.39 is 7.44 Å². The normalized spacial score (nSPS) is 13.5. The molecule has 0 radical (unpaired) electrons. The van der Waals surface area contributed by atoms with E-state index in [1.54, 1.807) is 30.3 Å². The summed E-state index contributed by atoms with van der Waals surface area (Å²) in [7, 11) is -3.52. The van der Waals surface area contributed by atoms with Crippen molar-refractivity contribution in [3.63, 3.8) is 0 Å². The molecule has 0 saturated heterocycles. The van der Waals surface area contributed by atoms with Crippen LogP contribution in [0.2, 0.25) is 0 Å². The van der Waals surface area contributed by atoms with E-state index in [-0.39, 0.29) is 11.1 Å². The lowest BCUT2D eigenvalue weighted by molar-refractivity contribution is 0.582. The van der Waals surface area contributed by atoms with Gasteiger partial charge in [-0.05, 0) is 24.4 Å². The lowest BCUT2D eigenvalue weighted by Crippen LogP contribution is -2.40. The summed E-state index contributed by atoms with van der Waals surface area (Å²) < 4.78 is 13.8. The number of anilines is 1. The fourth-order valence-corrected chi connectivity index (χ4v) is 3.42. The number of benzene rings is 1. The second kappa shape index (κ2) is 5.40. The summed E-state index contributed by atoms with van der Waals surface area (Å²) in [5.41, 5.74) is 11.5. The third-order valence-corrected chi connectivity index (χ3v) is 4.65. The highest BCUT2D eigenvalue weighted by molar-refractivity contribution is 7.83. The predicted octanol–water partition coefficient (Wildman–Crippen LogP) is 0.399. The molecule has 1 unspecified atom stereocenters. The molecule has 7 nitrogen and oxygen atoms in total. The molecule has 1 atom stereocenters. The summed E-state index contributed by atoms with van der Waals surface area (Å²) >= 11 is 4.90. The maximum atomic E-state index is 12.8. The highest BCUT2D eigenvalue weighted by Gasteiger charge is 2.32.